The molecule has 2 unspecified atom stereocenters. The molecule has 0 bridgehead atoms. The fourth-order valence-electron chi connectivity index (χ4n) is 3.83. The molecule has 3 heteroatoms. The lowest BCUT2D eigenvalue weighted by molar-refractivity contribution is -0.0819. The van der Waals surface area contributed by atoms with Gasteiger partial charge >= 0.3 is 0 Å². The summed E-state index contributed by atoms with van der Waals surface area (Å²) in [6, 6.07) is 1.25. The topological polar surface area (TPSA) is 24.5 Å². The van der Waals surface area contributed by atoms with Crippen LogP contribution in [0, 0.1) is 0 Å². The van der Waals surface area contributed by atoms with Gasteiger partial charge in [-0.3, -0.25) is 4.90 Å². The highest BCUT2D eigenvalue weighted by atomic mass is 16.5. The van der Waals surface area contributed by atoms with E-state index in [0.717, 1.165) is 13.0 Å². The van der Waals surface area contributed by atoms with Crippen molar-refractivity contribution in [2.45, 2.75) is 76.7 Å². The van der Waals surface area contributed by atoms with Gasteiger partial charge in [0, 0.05) is 12.1 Å². The number of nitrogens with one attached hydrogen (secondary N) is 1. The van der Waals surface area contributed by atoms with Crippen molar-refractivity contribution in [3.05, 3.63) is 0 Å². The normalized spacial score (nSPS) is 35.7. The van der Waals surface area contributed by atoms with Crippen molar-refractivity contribution in [2.75, 3.05) is 20.1 Å². The van der Waals surface area contributed by atoms with Crippen molar-refractivity contribution in [2.24, 2.45) is 0 Å². The summed E-state index contributed by atoms with van der Waals surface area (Å²) in [4.78, 5) is 2.60. The number of ether oxygens (including phenoxy) is 1. The summed E-state index contributed by atoms with van der Waals surface area (Å²) in [6.07, 6.45) is 5.02. The van der Waals surface area contributed by atoms with E-state index >= 15 is 0 Å². The molecule has 0 aliphatic carbocycles. The summed E-state index contributed by atoms with van der Waals surface area (Å²) in [5.41, 5.74) is -0.0105. The van der Waals surface area contributed by atoms with Gasteiger partial charge in [-0.15, -0.1) is 0 Å². The molecule has 0 radical (unpaired) electrons. The molecule has 0 spiro atoms. The Hall–Kier alpha value is -0.120. The average Bonchev–Trinajstić information content (AvgIpc) is 2.48. The number of hydrogen-bond donors (Lipinski definition) is 1. The molecule has 106 valence electrons. The van der Waals surface area contributed by atoms with E-state index in [-0.39, 0.29) is 11.2 Å². The van der Waals surface area contributed by atoms with Gasteiger partial charge in [0.25, 0.3) is 0 Å². The molecule has 18 heavy (non-hydrogen) atoms. The Morgan fingerprint density at radius 3 is 2.44 bits per heavy atom. The summed E-state index contributed by atoms with van der Waals surface area (Å²) < 4.78 is 6.23. The molecule has 0 aromatic rings. The molecule has 2 saturated heterocycles. The van der Waals surface area contributed by atoms with Crippen LogP contribution in [0.2, 0.25) is 0 Å². The Morgan fingerprint density at radius 1 is 1.11 bits per heavy atom. The Bertz CT molecular complexity index is 280. The lowest BCUT2D eigenvalue weighted by atomic mass is 9.91. The van der Waals surface area contributed by atoms with Crippen molar-refractivity contribution in [3.63, 3.8) is 0 Å². The monoisotopic (exact) mass is 254 g/mol. The molecule has 0 aromatic carbocycles. The van der Waals surface area contributed by atoms with Gasteiger partial charge in [-0.2, -0.15) is 0 Å². The lowest BCUT2D eigenvalue weighted by Gasteiger charge is -2.38. The van der Waals surface area contributed by atoms with Gasteiger partial charge in [0.1, 0.15) is 0 Å². The van der Waals surface area contributed by atoms with Crippen molar-refractivity contribution < 1.29 is 4.74 Å². The van der Waals surface area contributed by atoms with E-state index in [1.165, 1.54) is 25.8 Å². The van der Waals surface area contributed by atoms with E-state index in [1.807, 2.05) is 0 Å². The smallest absolute Gasteiger partial charge is 0.0789 e. The predicted octanol–water partition coefficient (Wildman–Crippen LogP) is 2.41. The van der Waals surface area contributed by atoms with E-state index in [1.54, 1.807) is 0 Å². The first-order valence-electron chi connectivity index (χ1n) is 7.45. The second kappa shape index (κ2) is 5.10. The summed E-state index contributed by atoms with van der Waals surface area (Å²) >= 11 is 0. The van der Waals surface area contributed by atoms with Crippen LogP contribution in [0.25, 0.3) is 0 Å². The highest BCUT2D eigenvalue weighted by molar-refractivity contribution is 5.00. The largest absolute Gasteiger partial charge is 0.368 e. The Morgan fingerprint density at radius 2 is 1.83 bits per heavy atom. The fraction of sp³-hybridized carbons (Fsp3) is 1.00. The summed E-state index contributed by atoms with van der Waals surface area (Å²) in [7, 11) is 2.30. The van der Waals surface area contributed by atoms with Crippen molar-refractivity contribution in [3.8, 4) is 0 Å². The van der Waals surface area contributed by atoms with Crippen LogP contribution < -0.4 is 5.32 Å². The highest BCUT2D eigenvalue weighted by Gasteiger charge is 2.48. The predicted molar refractivity (Wildman–Crippen MR) is 75.9 cm³/mol. The molecule has 3 nitrogen and oxygen atoms in total. The number of likely N-dealkylation sites (N-methyl/N-ethyl adjacent to an activating group) is 1. The molecule has 1 N–H and O–H groups in total. The summed E-state index contributed by atoms with van der Waals surface area (Å²) in [6.45, 7) is 11.3. The van der Waals surface area contributed by atoms with E-state index in [4.69, 9.17) is 4.74 Å². The second-order valence-electron chi connectivity index (χ2n) is 7.19. The average molecular weight is 254 g/mol. The highest BCUT2D eigenvalue weighted by Crippen LogP contribution is 2.40. The van der Waals surface area contributed by atoms with E-state index < -0.39 is 0 Å². The van der Waals surface area contributed by atoms with Gasteiger partial charge < -0.3 is 10.1 Å². The fourth-order valence-corrected chi connectivity index (χ4v) is 3.83. The molecule has 2 atom stereocenters. The Kier molecular flexibility index (Phi) is 4.05. The van der Waals surface area contributed by atoms with Gasteiger partial charge in [0.15, 0.2) is 0 Å². The van der Waals surface area contributed by atoms with Gasteiger partial charge in [-0.1, -0.05) is 0 Å². The molecule has 0 aromatic heterocycles. The van der Waals surface area contributed by atoms with E-state index in [2.05, 4.69) is 45.0 Å². The first-order chi connectivity index (χ1) is 8.32. The molecule has 2 fully saturated rings. The number of rotatable bonds is 2. The van der Waals surface area contributed by atoms with Gasteiger partial charge in [-0.05, 0) is 73.5 Å². The van der Waals surface area contributed by atoms with Crippen molar-refractivity contribution in [1.82, 2.24) is 10.2 Å². The third-order valence-electron chi connectivity index (χ3n) is 4.64. The zero-order chi connectivity index (χ0) is 13.4. The van der Waals surface area contributed by atoms with Crippen molar-refractivity contribution in [1.29, 1.82) is 0 Å². The van der Waals surface area contributed by atoms with E-state index in [9.17, 15) is 0 Å². The molecule has 2 heterocycles. The van der Waals surface area contributed by atoms with Crippen molar-refractivity contribution >= 4 is 0 Å². The number of hydrogen-bond acceptors (Lipinski definition) is 3. The first kappa shape index (κ1) is 14.3. The molecule has 2 aliphatic heterocycles. The maximum Gasteiger partial charge on any atom is 0.0789 e. The van der Waals surface area contributed by atoms with Crippen LogP contribution in [-0.4, -0.2) is 48.3 Å². The summed E-state index contributed by atoms with van der Waals surface area (Å²) in [5.74, 6) is 0. The number of nitrogens with zero attached hydrogens (tertiary/aromatic N) is 1. The first-order valence-corrected chi connectivity index (χ1v) is 7.45. The second-order valence-corrected chi connectivity index (χ2v) is 7.19. The third-order valence-corrected chi connectivity index (χ3v) is 4.64. The van der Waals surface area contributed by atoms with Gasteiger partial charge in [-0.25, -0.2) is 0 Å². The zero-order valence-electron chi connectivity index (χ0n) is 12.8. The van der Waals surface area contributed by atoms with Crippen LogP contribution in [-0.2, 0) is 4.74 Å². The Labute approximate surface area is 112 Å². The minimum absolute atomic E-state index is 0.0193. The quantitative estimate of drug-likeness (QED) is 0.819. The Balaban J connectivity index is 2.05. The standard InChI is InChI=1S/C15H30N2O/c1-14(2)11-13(15(3,4)18-14)17(5)12-7-6-9-16-10-8-12/h12-13,16H,6-11H2,1-5H3. The summed E-state index contributed by atoms with van der Waals surface area (Å²) in [5, 5.41) is 3.50. The SMILES string of the molecule is CN(C1CCCNCC1)C1CC(C)(C)OC1(C)C. The van der Waals surface area contributed by atoms with Crippen LogP contribution in [0.5, 0.6) is 0 Å². The van der Waals surface area contributed by atoms with Crippen LogP contribution >= 0.6 is 0 Å². The van der Waals surface area contributed by atoms with Crippen LogP contribution in [0.1, 0.15) is 53.4 Å². The minimum atomic E-state index is -0.0298. The van der Waals surface area contributed by atoms with Crippen LogP contribution in [0.4, 0.5) is 0 Å². The zero-order valence-corrected chi connectivity index (χ0v) is 12.8. The molecule has 0 saturated carbocycles. The van der Waals surface area contributed by atoms with E-state index in [0.29, 0.717) is 12.1 Å². The molecule has 2 aliphatic rings. The maximum atomic E-state index is 6.23. The molecular formula is C15H30N2O. The van der Waals surface area contributed by atoms with Crippen LogP contribution in [0.15, 0.2) is 0 Å². The molecular weight excluding hydrogens is 224 g/mol. The van der Waals surface area contributed by atoms with Gasteiger partial charge in [0.2, 0.25) is 0 Å². The third kappa shape index (κ3) is 3.06. The maximum absolute atomic E-state index is 6.23. The van der Waals surface area contributed by atoms with Crippen LogP contribution in [0.3, 0.4) is 0 Å². The lowest BCUT2D eigenvalue weighted by Crippen LogP contribution is -2.49. The molecule has 2 rings (SSSR count). The van der Waals surface area contributed by atoms with Gasteiger partial charge in [0.05, 0.1) is 11.2 Å². The minimum Gasteiger partial charge on any atom is -0.368 e. The molecule has 0 amide bonds.